The topological polar surface area (TPSA) is 82.6 Å². The summed E-state index contributed by atoms with van der Waals surface area (Å²) in [5, 5.41) is 2.86. The normalized spacial score (nSPS) is 14.0. The zero-order chi connectivity index (χ0) is 20.3. The first-order valence-electron chi connectivity index (χ1n) is 9.23. The summed E-state index contributed by atoms with van der Waals surface area (Å²) in [4.78, 5) is 44.2. The molecule has 146 valence electrons. The van der Waals surface area contributed by atoms with Gasteiger partial charge in [-0.1, -0.05) is 6.07 Å². The average Bonchev–Trinajstić information content (AvgIpc) is 2.66. The Hall–Kier alpha value is -3.22. The highest BCUT2D eigenvalue weighted by atomic mass is 16.2. The molecule has 0 aliphatic carbocycles. The molecule has 1 saturated heterocycles. The van der Waals surface area contributed by atoms with E-state index in [1.54, 1.807) is 15.9 Å². The highest BCUT2D eigenvalue weighted by Crippen LogP contribution is 2.16. The first-order chi connectivity index (χ1) is 13.3. The number of nitrogens with zero attached hydrogens (tertiary/aromatic N) is 3. The second kappa shape index (κ2) is 8.21. The van der Waals surface area contributed by atoms with Crippen molar-refractivity contribution in [1.82, 2.24) is 14.8 Å². The van der Waals surface area contributed by atoms with E-state index >= 15 is 0 Å². The summed E-state index contributed by atoms with van der Waals surface area (Å²) in [6, 6.07) is 7.37. The standard InChI is InChI=1S/C21H24N4O3/c1-14-8-15(2)10-19(9-14)23-20(27)17-11-18(13-22-12-17)21(28)25-6-4-24(5-7-25)16(3)26/h8-13H,4-7H2,1-3H3,(H,23,27). The molecule has 1 N–H and O–H groups in total. The maximum Gasteiger partial charge on any atom is 0.257 e. The lowest BCUT2D eigenvalue weighted by atomic mass is 10.1. The third kappa shape index (κ3) is 4.54. The van der Waals surface area contributed by atoms with Gasteiger partial charge in [0, 0.05) is 51.2 Å². The number of carbonyl (C=O) groups is 3. The molecule has 0 bridgehead atoms. The number of nitrogens with one attached hydrogen (secondary N) is 1. The van der Waals surface area contributed by atoms with Crippen LogP contribution in [0.4, 0.5) is 5.69 Å². The molecule has 0 saturated carbocycles. The maximum absolute atomic E-state index is 12.7. The molecule has 1 aliphatic rings. The summed E-state index contributed by atoms with van der Waals surface area (Å²) in [5.41, 5.74) is 3.51. The van der Waals surface area contributed by atoms with Crippen molar-refractivity contribution in [2.24, 2.45) is 0 Å². The van der Waals surface area contributed by atoms with Gasteiger partial charge in [-0.2, -0.15) is 0 Å². The predicted octanol–water partition coefficient (Wildman–Crippen LogP) is 2.26. The highest BCUT2D eigenvalue weighted by molar-refractivity contribution is 6.06. The lowest BCUT2D eigenvalue weighted by Crippen LogP contribution is -2.50. The Morgan fingerprint density at radius 2 is 1.43 bits per heavy atom. The van der Waals surface area contributed by atoms with E-state index in [1.165, 1.54) is 19.3 Å². The maximum atomic E-state index is 12.7. The van der Waals surface area contributed by atoms with Crippen molar-refractivity contribution in [2.75, 3.05) is 31.5 Å². The van der Waals surface area contributed by atoms with E-state index in [2.05, 4.69) is 10.3 Å². The van der Waals surface area contributed by atoms with E-state index in [-0.39, 0.29) is 17.7 Å². The number of aryl methyl sites for hydroxylation is 2. The number of pyridine rings is 1. The van der Waals surface area contributed by atoms with Crippen molar-refractivity contribution in [3.05, 3.63) is 58.9 Å². The zero-order valence-electron chi connectivity index (χ0n) is 16.4. The average molecular weight is 380 g/mol. The van der Waals surface area contributed by atoms with Gasteiger partial charge in [-0.3, -0.25) is 19.4 Å². The molecule has 0 radical (unpaired) electrons. The largest absolute Gasteiger partial charge is 0.339 e. The number of carbonyl (C=O) groups excluding carboxylic acids is 3. The van der Waals surface area contributed by atoms with Crippen molar-refractivity contribution < 1.29 is 14.4 Å². The van der Waals surface area contributed by atoms with E-state index in [0.29, 0.717) is 43.0 Å². The summed E-state index contributed by atoms with van der Waals surface area (Å²) in [5.74, 6) is -0.482. The molecule has 1 fully saturated rings. The van der Waals surface area contributed by atoms with Gasteiger partial charge in [-0.25, -0.2) is 0 Å². The molecule has 0 unspecified atom stereocenters. The van der Waals surface area contributed by atoms with E-state index in [1.807, 2.05) is 32.0 Å². The van der Waals surface area contributed by atoms with E-state index < -0.39 is 0 Å². The first-order valence-corrected chi connectivity index (χ1v) is 9.23. The van der Waals surface area contributed by atoms with Gasteiger partial charge in [0.05, 0.1) is 11.1 Å². The number of amides is 3. The predicted molar refractivity (Wildman–Crippen MR) is 106 cm³/mol. The fraction of sp³-hybridized carbons (Fsp3) is 0.333. The molecule has 3 amide bonds. The molecule has 2 heterocycles. The summed E-state index contributed by atoms with van der Waals surface area (Å²) in [6.45, 7) is 7.43. The van der Waals surface area contributed by atoms with Gasteiger partial charge >= 0.3 is 0 Å². The molecule has 7 nitrogen and oxygen atoms in total. The minimum atomic E-state index is -0.312. The van der Waals surface area contributed by atoms with Crippen molar-refractivity contribution in [1.29, 1.82) is 0 Å². The second-order valence-electron chi connectivity index (χ2n) is 7.09. The molecule has 0 atom stereocenters. The Balaban J connectivity index is 1.70. The fourth-order valence-electron chi connectivity index (χ4n) is 3.34. The number of hydrogen-bond acceptors (Lipinski definition) is 4. The van der Waals surface area contributed by atoms with Crippen LogP contribution in [-0.4, -0.2) is 58.7 Å². The van der Waals surface area contributed by atoms with Crippen molar-refractivity contribution in [3.8, 4) is 0 Å². The zero-order valence-corrected chi connectivity index (χ0v) is 16.4. The smallest absolute Gasteiger partial charge is 0.257 e. The van der Waals surface area contributed by atoms with Crippen LogP contribution in [0.2, 0.25) is 0 Å². The number of piperazine rings is 1. The van der Waals surface area contributed by atoms with Gasteiger partial charge in [0.2, 0.25) is 5.91 Å². The minimum absolute atomic E-state index is 0.0128. The Morgan fingerprint density at radius 3 is 2.04 bits per heavy atom. The minimum Gasteiger partial charge on any atom is -0.339 e. The number of hydrogen-bond donors (Lipinski definition) is 1. The molecule has 1 aromatic heterocycles. The lowest BCUT2D eigenvalue weighted by molar-refractivity contribution is -0.130. The van der Waals surface area contributed by atoms with Gasteiger partial charge in [-0.15, -0.1) is 0 Å². The third-order valence-electron chi connectivity index (χ3n) is 4.74. The molecule has 1 aromatic carbocycles. The monoisotopic (exact) mass is 380 g/mol. The van der Waals surface area contributed by atoms with Crippen LogP contribution in [0.3, 0.4) is 0 Å². The molecule has 0 spiro atoms. The Labute approximate surface area is 164 Å². The van der Waals surface area contributed by atoms with Crippen LogP contribution in [0.5, 0.6) is 0 Å². The number of benzene rings is 1. The van der Waals surface area contributed by atoms with Crippen molar-refractivity contribution >= 4 is 23.4 Å². The van der Waals surface area contributed by atoms with Crippen molar-refractivity contribution in [2.45, 2.75) is 20.8 Å². The SMILES string of the molecule is CC(=O)N1CCN(C(=O)c2cncc(C(=O)Nc3cc(C)cc(C)c3)c2)CC1. The lowest BCUT2D eigenvalue weighted by Gasteiger charge is -2.34. The summed E-state index contributed by atoms with van der Waals surface area (Å²) >= 11 is 0. The van der Waals surface area contributed by atoms with Crippen LogP contribution < -0.4 is 5.32 Å². The van der Waals surface area contributed by atoms with E-state index in [9.17, 15) is 14.4 Å². The van der Waals surface area contributed by atoms with Crippen LogP contribution >= 0.6 is 0 Å². The Kier molecular flexibility index (Phi) is 5.73. The van der Waals surface area contributed by atoms with Gasteiger partial charge < -0.3 is 15.1 Å². The van der Waals surface area contributed by atoms with Crippen LogP contribution in [0.25, 0.3) is 0 Å². The van der Waals surface area contributed by atoms with Gasteiger partial charge in [0.25, 0.3) is 11.8 Å². The molecule has 28 heavy (non-hydrogen) atoms. The fourth-order valence-corrected chi connectivity index (χ4v) is 3.34. The van der Waals surface area contributed by atoms with Crippen LogP contribution in [0.15, 0.2) is 36.7 Å². The molecule has 3 rings (SSSR count). The third-order valence-corrected chi connectivity index (χ3v) is 4.74. The number of anilines is 1. The number of rotatable bonds is 3. The van der Waals surface area contributed by atoms with Gasteiger partial charge in [0.1, 0.15) is 0 Å². The number of aromatic nitrogens is 1. The van der Waals surface area contributed by atoms with E-state index in [0.717, 1.165) is 11.1 Å². The van der Waals surface area contributed by atoms with Crippen LogP contribution in [-0.2, 0) is 4.79 Å². The summed E-state index contributed by atoms with van der Waals surface area (Å²) in [6.07, 6.45) is 2.91. The second-order valence-corrected chi connectivity index (χ2v) is 7.09. The van der Waals surface area contributed by atoms with Gasteiger partial charge in [-0.05, 0) is 43.2 Å². The molecule has 7 heteroatoms. The quantitative estimate of drug-likeness (QED) is 0.885. The first kappa shape index (κ1) is 19.5. The summed E-state index contributed by atoms with van der Waals surface area (Å²) < 4.78 is 0. The molecule has 1 aliphatic heterocycles. The Bertz CT molecular complexity index is 897. The summed E-state index contributed by atoms with van der Waals surface area (Å²) in [7, 11) is 0. The molecule has 2 aromatic rings. The molecular weight excluding hydrogens is 356 g/mol. The van der Waals surface area contributed by atoms with Crippen LogP contribution in [0.1, 0.15) is 38.8 Å². The van der Waals surface area contributed by atoms with Crippen molar-refractivity contribution in [3.63, 3.8) is 0 Å². The van der Waals surface area contributed by atoms with Crippen LogP contribution in [0, 0.1) is 13.8 Å². The molecular formula is C21H24N4O3. The Morgan fingerprint density at radius 1 is 0.857 bits per heavy atom. The van der Waals surface area contributed by atoms with Gasteiger partial charge in [0.15, 0.2) is 0 Å². The van der Waals surface area contributed by atoms with E-state index in [4.69, 9.17) is 0 Å². The highest BCUT2D eigenvalue weighted by Gasteiger charge is 2.24.